The summed E-state index contributed by atoms with van der Waals surface area (Å²) in [6, 6.07) is 3.06. The zero-order valence-corrected chi connectivity index (χ0v) is 8.64. The second-order valence-corrected chi connectivity index (χ2v) is 2.86. The van der Waals surface area contributed by atoms with Crippen molar-refractivity contribution >= 4 is 12.4 Å². The zero-order chi connectivity index (χ0) is 9.68. The lowest BCUT2D eigenvalue weighted by atomic mass is 10.0. The molecule has 1 aromatic rings. The molecule has 1 rings (SSSR count). The SMILES string of the molecule is C=CCC[C@H](N)c1cccnc1F.Cl. The van der Waals surface area contributed by atoms with Gasteiger partial charge < -0.3 is 5.73 Å². The Labute approximate surface area is 89.4 Å². The van der Waals surface area contributed by atoms with Crippen molar-refractivity contribution in [2.45, 2.75) is 18.9 Å². The summed E-state index contributed by atoms with van der Waals surface area (Å²) in [6.45, 7) is 3.58. The monoisotopic (exact) mass is 216 g/mol. The molecule has 0 saturated carbocycles. The first kappa shape index (κ1) is 13.1. The highest BCUT2D eigenvalue weighted by Gasteiger charge is 2.10. The lowest BCUT2D eigenvalue weighted by Crippen LogP contribution is -2.12. The number of rotatable bonds is 4. The molecule has 1 atom stereocenters. The summed E-state index contributed by atoms with van der Waals surface area (Å²) in [5.74, 6) is -0.473. The van der Waals surface area contributed by atoms with E-state index in [9.17, 15) is 4.39 Å². The van der Waals surface area contributed by atoms with E-state index in [1.807, 2.05) is 0 Å². The molecule has 2 nitrogen and oxygen atoms in total. The van der Waals surface area contributed by atoms with Gasteiger partial charge in [0.15, 0.2) is 0 Å². The van der Waals surface area contributed by atoms with Gasteiger partial charge in [-0.1, -0.05) is 12.1 Å². The number of hydrogen-bond acceptors (Lipinski definition) is 2. The highest BCUT2D eigenvalue weighted by Crippen LogP contribution is 2.17. The Balaban J connectivity index is 0.00000169. The Morgan fingerprint density at radius 1 is 1.64 bits per heavy atom. The minimum atomic E-state index is -0.473. The lowest BCUT2D eigenvalue weighted by Gasteiger charge is -2.10. The van der Waals surface area contributed by atoms with Gasteiger partial charge in [-0.3, -0.25) is 0 Å². The van der Waals surface area contributed by atoms with E-state index < -0.39 is 5.95 Å². The average Bonchev–Trinajstić information content (AvgIpc) is 2.15. The molecule has 0 spiro atoms. The molecule has 1 heterocycles. The summed E-state index contributed by atoms with van der Waals surface area (Å²) in [5, 5.41) is 0. The Bertz CT molecular complexity index is 291. The molecular weight excluding hydrogens is 203 g/mol. The minimum Gasteiger partial charge on any atom is -0.324 e. The highest BCUT2D eigenvalue weighted by atomic mass is 35.5. The summed E-state index contributed by atoms with van der Waals surface area (Å²) in [7, 11) is 0. The van der Waals surface area contributed by atoms with Crippen molar-refractivity contribution in [3.63, 3.8) is 0 Å². The lowest BCUT2D eigenvalue weighted by molar-refractivity contribution is 0.534. The third kappa shape index (κ3) is 3.44. The molecule has 14 heavy (non-hydrogen) atoms. The van der Waals surface area contributed by atoms with Gasteiger partial charge in [0.2, 0.25) is 5.95 Å². The molecule has 0 aliphatic rings. The molecule has 0 fully saturated rings. The van der Waals surface area contributed by atoms with E-state index >= 15 is 0 Å². The van der Waals surface area contributed by atoms with Crippen LogP contribution in [0.4, 0.5) is 4.39 Å². The van der Waals surface area contributed by atoms with Crippen LogP contribution in [-0.2, 0) is 0 Å². The molecule has 0 saturated heterocycles. The molecule has 2 N–H and O–H groups in total. The minimum absolute atomic E-state index is 0. The zero-order valence-electron chi connectivity index (χ0n) is 7.82. The summed E-state index contributed by atoms with van der Waals surface area (Å²) < 4.78 is 13.1. The van der Waals surface area contributed by atoms with Gasteiger partial charge in [-0.25, -0.2) is 4.98 Å². The second-order valence-electron chi connectivity index (χ2n) is 2.86. The molecule has 0 aliphatic carbocycles. The van der Waals surface area contributed by atoms with E-state index in [4.69, 9.17) is 5.73 Å². The van der Waals surface area contributed by atoms with Crippen LogP contribution in [-0.4, -0.2) is 4.98 Å². The topological polar surface area (TPSA) is 38.9 Å². The Hall–Kier alpha value is -0.930. The quantitative estimate of drug-likeness (QED) is 0.621. The number of aromatic nitrogens is 1. The standard InChI is InChI=1S/C10H13FN2.ClH/c1-2-3-6-9(12)8-5-4-7-13-10(8)11;/h2,4-5,7,9H,1,3,6,12H2;1H/t9-;/m0./s1. The maximum atomic E-state index is 13.1. The third-order valence-corrected chi connectivity index (χ3v) is 1.87. The third-order valence-electron chi connectivity index (χ3n) is 1.87. The first-order valence-corrected chi connectivity index (χ1v) is 4.22. The van der Waals surface area contributed by atoms with E-state index in [2.05, 4.69) is 11.6 Å². The van der Waals surface area contributed by atoms with Crippen molar-refractivity contribution in [1.29, 1.82) is 0 Å². The van der Waals surface area contributed by atoms with Crippen molar-refractivity contribution in [3.05, 3.63) is 42.5 Å². The van der Waals surface area contributed by atoms with Gasteiger partial charge in [0.25, 0.3) is 0 Å². The maximum absolute atomic E-state index is 13.1. The number of hydrogen-bond donors (Lipinski definition) is 1. The molecule has 0 bridgehead atoms. The van der Waals surface area contributed by atoms with E-state index in [1.54, 1.807) is 18.2 Å². The Morgan fingerprint density at radius 3 is 2.93 bits per heavy atom. The molecule has 0 aliphatic heterocycles. The highest BCUT2D eigenvalue weighted by molar-refractivity contribution is 5.85. The fourth-order valence-electron chi connectivity index (χ4n) is 1.13. The summed E-state index contributed by atoms with van der Waals surface area (Å²) >= 11 is 0. The van der Waals surface area contributed by atoms with Crippen LogP contribution in [0.5, 0.6) is 0 Å². The number of halogens is 2. The van der Waals surface area contributed by atoms with Gasteiger partial charge in [-0.05, 0) is 18.9 Å². The van der Waals surface area contributed by atoms with Crippen molar-refractivity contribution in [2.24, 2.45) is 5.73 Å². The number of allylic oxidation sites excluding steroid dienone is 1. The van der Waals surface area contributed by atoms with E-state index in [-0.39, 0.29) is 18.4 Å². The van der Waals surface area contributed by atoms with Crippen LogP contribution in [0.2, 0.25) is 0 Å². The number of nitrogens with zero attached hydrogens (tertiary/aromatic N) is 1. The smallest absolute Gasteiger partial charge is 0.217 e. The van der Waals surface area contributed by atoms with Gasteiger partial charge in [0, 0.05) is 17.8 Å². The van der Waals surface area contributed by atoms with E-state index in [1.165, 1.54) is 6.20 Å². The molecule has 0 radical (unpaired) electrons. The molecule has 0 aromatic carbocycles. The van der Waals surface area contributed by atoms with Crippen molar-refractivity contribution in [3.8, 4) is 0 Å². The van der Waals surface area contributed by atoms with Crippen LogP contribution >= 0.6 is 12.4 Å². The predicted molar refractivity (Wildman–Crippen MR) is 57.8 cm³/mol. The molecule has 0 amide bonds. The predicted octanol–water partition coefficient (Wildman–Crippen LogP) is 2.61. The summed E-state index contributed by atoms with van der Waals surface area (Å²) in [6.07, 6.45) is 4.68. The van der Waals surface area contributed by atoms with Gasteiger partial charge in [-0.2, -0.15) is 4.39 Å². The summed E-state index contributed by atoms with van der Waals surface area (Å²) in [4.78, 5) is 3.54. The largest absolute Gasteiger partial charge is 0.324 e. The molecule has 78 valence electrons. The van der Waals surface area contributed by atoms with Gasteiger partial charge in [-0.15, -0.1) is 19.0 Å². The average molecular weight is 217 g/mol. The van der Waals surface area contributed by atoms with Crippen molar-refractivity contribution in [1.82, 2.24) is 4.98 Å². The van der Waals surface area contributed by atoms with E-state index in [0.717, 1.165) is 6.42 Å². The maximum Gasteiger partial charge on any atom is 0.217 e. The van der Waals surface area contributed by atoms with Crippen molar-refractivity contribution < 1.29 is 4.39 Å². The van der Waals surface area contributed by atoms with Crippen LogP contribution in [0.25, 0.3) is 0 Å². The fourth-order valence-corrected chi connectivity index (χ4v) is 1.13. The number of pyridine rings is 1. The summed E-state index contributed by atoms with van der Waals surface area (Å²) in [5.41, 5.74) is 6.23. The van der Waals surface area contributed by atoms with Crippen LogP contribution in [0.3, 0.4) is 0 Å². The first-order chi connectivity index (χ1) is 6.25. The Morgan fingerprint density at radius 2 is 2.36 bits per heavy atom. The van der Waals surface area contributed by atoms with Crippen LogP contribution < -0.4 is 5.73 Å². The normalized spacial score (nSPS) is 11.6. The van der Waals surface area contributed by atoms with E-state index in [0.29, 0.717) is 12.0 Å². The fraction of sp³-hybridized carbons (Fsp3) is 0.300. The first-order valence-electron chi connectivity index (χ1n) is 4.22. The number of nitrogens with two attached hydrogens (primary N) is 1. The van der Waals surface area contributed by atoms with Crippen LogP contribution in [0.1, 0.15) is 24.4 Å². The van der Waals surface area contributed by atoms with Gasteiger partial charge >= 0.3 is 0 Å². The van der Waals surface area contributed by atoms with Crippen LogP contribution in [0, 0.1) is 5.95 Å². The molecule has 4 heteroatoms. The molecule has 0 unspecified atom stereocenters. The molecular formula is C10H14ClFN2. The molecule has 1 aromatic heterocycles. The van der Waals surface area contributed by atoms with Gasteiger partial charge in [0.1, 0.15) is 0 Å². The van der Waals surface area contributed by atoms with Gasteiger partial charge in [0.05, 0.1) is 0 Å². The van der Waals surface area contributed by atoms with Crippen molar-refractivity contribution in [2.75, 3.05) is 0 Å². The van der Waals surface area contributed by atoms with Crippen LogP contribution in [0.15, 0.2) is 31.0 Å². The second kappa shape index (κ2) is 6.51. The Kier molecular flexibility index (Phi) is 6.08.